The first-order valence-electron chi connectivity index (χ1n) is 8.21. The second-order valence-corrected chi connectivity index (χ2v) is 8.27. The molecule has 0 saturated carbocycles. The van der Waals surface area contributed by atoms with Crippen molar-refractivity contribution in [3.8, 4) is 5.75 Å². The van der Waals surface area contributed by atoms with Crippen LogP contribution in [0.3, 0.4) is 0 Å². The van der Waals surface area contributed by atoms with Gasteiger partial charge in [0.1, 0.15) is 11.9 Å². The molecule has 132 valence electrons. The Labute approximate surface area is 150 Å². The van der Waals surface area contributed by atoms with Crippen LogP contribution in [-0.2, 0) is 4.74 Å². The predicted molar refractivity (Wildman–Crippen MR) is 98.6 cm³/mol. The summed E-state index contributed by atoms with van der Waals surface area (Å²) in [6, 6.07) is 7.27. The molecule has 0 radical (unpaired) electrons. The first-order chi connectivity index (χ1) is 11.7. The number of rotatable bonds is 5. The number of aromatic carboxylic acids is 1. The molecule has 2 aliphatic heterocycles. The van der Waals surface area contributed by atoms with Gasteiger partial charge in [0.05, 0.1) is 24.8 Å². The van der Waals surface area contributed by atoms with Crippen LogP contribution in [0.1, 0.15) is 16.8 Å². The van der Waals surface area contributed by atoms with E-state index >= 15 is 0 Å². The van der Waals surface area contributed by atoms with Gasteiger partial charge >= 0.3 is 5.97 Å². The molecule has 2 atom stereocenters. The van der Waals surface area contributed by atoms with Gasteiger partial charge in [-0.05, 0) is 24.3 Å². The minimum atomic E-state index is -0.921. The third-order valence-corrected chi connectivity index (χ3v) is 6.66. The van der Waals surface area contributed by atoms with Crippen LogP contribution in [0, 0.1) is 0 Å². The molecule has 5 nitrogen and oxygen atoms in total. The summed E-state index contributed by atoms with van der Waals surface area (Å²) >= 11 is 4.00. The molecule has 0 bridgehead atoms. The number of hydrogen-bond donors (Lipinski definition) is 2. The second kappa shape index (κ2) is 8.99. The molecule has 0 spiro atoms. The summed E-state index contributed by atoms with van der Waals surface area (Å²) in [7, 11) is 0. The van der Waals surface area contributed by atoms with Gasteiger partial charge in [-0.1, -0.05) is 0 Å². The number of carboxylic acid groups (broad SMARTS) is 1. The SMILES string of the molecule is O=C(O)c1ccc(O[C@@H]2CCOC[C@H]2NC2CSCCSC2)cc1. The lowest BCUT2D eigenvalue weighted by Gasteiger charge is -2.35. The first kappa shape index (κ1) is 17.9. The minimum absolute atomic E-state index is 0.0488. The van der Waals surface area contributed by atoms with Crippen molar-refractivity contribution < 1.29 is 19.4 Å². The van der Waals surface area contributed by atoms with Crippen LogP contribution in [0.15, 0.2) is 24.3 Å². The number of ether oxygens (including phenoxy) is 2. The fourth-order valence-corrected chi connectivity index (χ4v) is 5.30. The number of carbonyl (C=O) groups is 1. The zero-order valence-electron chi connectivity index (χ0n) is 13.5. The van der Waals surface area contributed by atoms with Gasteiger partial charge in [0.2, 0.25) is 0 Å². The van der Waals surface area contributed by atoms with E-state index in [1.807, 2.05) is 23.5 Å². The molecular weight excluding hydrogens is 346 g/mol. The van der Waals surface area contributed by atoms with Crippen molar-refractivity contribution in [2.45, 2.75) is 24.6 Å². The maximum Gasteiger partial charge on any atom is 0.335 e. The highest BCUT2D eigenvalue weighted by Crippen LogP contribution is 2.22. The van der Waals surface area contributed by atoms with E-state index in [-0.39, 0.29) is 17.7 Å². The van der Waals surface area contributed by atoms with E-state index in [9.17, 15) is 4.79 Å². The van der Waals surface area contributed by atoms with Gasteiger partial charge in [-0.15, -0.1) is 0 Å². The van der Waals surface area contributed by atoms with E-state index in [1.54, 1.807) is 24.3 Å². The van der Waals surface area contributed by atoms with Crippen molar-refractivity contribution >= 4 is 29.5 Å². The van der Waals surface area contributed by atoms with E-state index in [0.717, 1.165) is 17.9 Å². The Morgan fingerprint density at radius 2 is 1.92 bits per heavy atom. The van der Waals surface area contributed by atoms with Crippen molar-refractivity contribution in [3.63, 3.8) is 0 Å². The molecule has 1 aromatic carbocycles. The summed E-state index contributed by atoms with van der Waals surface area (Å²) in [5.74, 6) is 4.49. The summed E-state index contributed by atoms with van der Waals surface area (Å²) in [6.07, 6.45) is 0.887. The Morgan fingerprint density at radius 1 is 1.21 bits per heavy atom. The Hall–Kier alpha value is -0.890. The topological polar surface area (TPSA) is 67.8 Å². The van der Waals surface area contributed by atoms with Crippen LogP contribution in [0.2, 0.25) is 0 Å². The highest BCUT2D eigenvalue weighted by molar-refractivity contribution is 8.03. The van der Waals surface area contributed by atoms with Gasteiger partial charge in [-0.2, -0.15) is 23.5 Å². The fourth-order valence-electron chi connectivity index (χ4n) is 2.88. The number of hydrogen-bond acceptors (Lipinski definition) is 6. The van der Waals surface area contributed by atoms with Gasteiger partial charge in [0.15, 0.2) is 0 Å². The van der Waals surface area contributed by atoms with Crippen LogP contribution in [-0.4, -0.2) is 65.5 Å². The maximum atomic E-state index is 10.9. The normalized spacial score (nSPS) is 25.8. The predicted octanol–water partition coefficient (Wildman–Crippen LogP) is 2.36. The van der Waals surface area contributed by atoms with E-state index in [2.05, 4.69) is 5.32 Å². The van der Waals surface area contributed by atoms with Crippen molar-refractivity contribution in [1.82, 2.24) is 5.32 Å². The highest BCUT2D eigenvalue weighted by Gasteiger charge is 2.30. The molecule has 24 heavy (non-hydrogen) atoms. The van der Waals surface area contributed by atoms with Crippen LogP contribution < -0.4 is 10.1 Å². The molecule has 7 heteroatoms. The summed E-state index contributed by atoms with van der Waals surface area (Å²) < 4.78 is 11.8. The van der Waals surface area contributed by atoms with E-state index in [1.165, 1.54) is 11.5 Å². The zero-order chi connectivity index (χ0) is 16.8. The molecular formula is C17H23NO4S2. The number of nitrogens with one attached hydrogen (secondary N) is 1. The lowest BCUT2D eigenvalue weighted by Crippen LogP contribution is -2.54. The number of carboxylic acids is 1. The molecule has 2 heterocycles. The van der Waals surface area contributed by atoms with E-state index in [4.69, 9.17) is 14.6 Å². The van der Waals surface area contributed by atoms with Crippen LogP contribution >= 0.6 is 23.5 Å². The third kappa shape index (κ3) is 5.05. The Kier molecular flexibility index (Phi) is 6.71. The third-order valence-electron chi connectivity index (χ3n) is 4.14. The smallest absolute Gasteiger partial charge is 0.335 e. The first-order valence-corrected chi connectivity index (χ1v) is 10.5. The van der Waals surface area contributed by atoms with Gasteiger partial charge < -0.3 is 19.9 Å². The quantitative estimate of drug-likeness (QED) is 0.826. The summed E-state index contributed by atoms with van der Waals surface area (Å²) in [5, 5.41) is 12.7. The average Bonchev–Trinajstić information content (AvgIpc) is 2.86. The highest BCUT2D eigenvalue weighted by atomic mass is 32.2. The van der Waals surface area contributed by atoms with Gasteiger partial charge in [0.25, 0.3) is 0 Å². The standard InChI is InChI=1S/C17H23NO4S2/c19-17(20)12-1-3-14(4-2-12)22-16-5-6-21-9-15(16)18-13-10-23-7-8-24-11-13/h1-4,13,15-16,18H,5-11H2,(H,19,20)/t15-,16-/m1/s1. The largest absolute Gasteiger partial charge is 0.489 e. The minimum Gasteiger partial charge on any atom is -0.489 e. The van der Waals surface area contributed by atoms with Crippen molar-refractivity contribution in [2.75, 3.05) is 36.2 Å². The zero-order valence-corrected chi connectivity index (χ0v) is 15.1. The number of benzene rings is 1. The summed E-state index contributed by atoms with van der Waals surface area (Å²) in [5.41, 5.74) is 0.275. The molecule has 2 fully saturated rings. The lowest BCUT2D eigenvalue weighted by atomic mass is 10.1. The molecule has 3 rings (SSSR count). The summed E-state index contributed by atoms with van der Waals surface area (Å²) in [4.78, 5) is 10.9. The van der Waals surface area contributed by atoms with Crippen molar-refractivity contribution in [1.29, 1.82) is 0 Å². The van der Waals surface area contributed by atoms with Gasteiger partial charge in [0, 0.05) is 35.5 Å². The monoisotopic (exact) mass is 369 g/mol. The number of thioether (sulfide) groups is 2. The van der Waals surface area contributed by atoms with Gasteiger partial charge in [-0.25, -0.2) is 4.79 Å². The van der Waals surface area contributed by atoms with Crippen LogP contribution in [0.4, 0.5) is 0 Å². The van der Waals surface area contributed by atoms with E-state index in [0.29, 0.717) is 25.0 Å². The Morgan fingerprint density at radius 3 is 2.58 bits per heavy atom. The molecule has 2 N–H and O–H groups in total. The molecule has 1 aromatic rings. The van der Waals surface area contributed by atoms with E-state index < -0.39 is 5.97 Å². The second-order valence-electron chi connectivity index (χ2n) is 5.97. The van der Waals surface area contributed by atoms with Crippen LogP contribution in [0.25, 0.3) is 0 Å². The molecule has 0 amide bonds. The van der Waals surface area contributed by atoms with Gasteiger partial charge in [-0.3, -0.25) is 0 Å². The Bertz CT molecular complexity index is 532. The molecule has 0 aromatic heterocycles. The summed E-state index contributed by atoms with van der Waals surface area (Å²) in [6.45, 7) is 1.36. The molecule has 0 aliphatic carbocycles. The lowest BCUT2D eigenvalue weighted by molar-refractivity contribution is -0.00600. The fraction of sp³-hybridized carbons (Fsp3) is 0.588. The molecule has 0 unspecified atom stereocenters. The molecule has 2 saturated heterocycles. The maximum absolute atomic E-state index is 10.9. The van der Waals surface area contributed by atoms with Crippen LogP contribution in [0.5, 0.6) is 5.75 Å². The average molecular weight is 370 g/mol. The molecule has 2 aliphatic rings. The Balaban J connectivity index is 1.60. The van der Waals surface area contributed by atoms with Crippen molar-refractivity contribution in [2.24, 2.45) is 0 Å². The van der Waals surface area contributed by atoms with Crippen molar-refractivity contribution in [3.05, 3.63) is 29.8 Å².